The molecule has 0 aromatic heterocycles. The maximum Gasteiger partial charge on any atom is 0.238 e. The molecule has 0 fully saturated rings. The molecule has 4 N–H and O–H groups in total. The van der Waals surface area contributed by atoms with Gasteiger partial charge in [0.15, 0.2) is 5.84 Å². The van der Waals surface area contributed by atoms with E-state index in [1.165, 1.54) is 7.11 Å². The molecule has 0 unspecified atom stereocenters. The third-order valence-electron chi connectivity index (χ3n) is 3.65. The van der Waals surface area contributed by atoms with Crippen LogP contribution in [-0.2, 0) is 4.79 Å². The van der Waals surface area contributed by atoms with Crippen LogP contribution >= 0.6 is 11.6 Å². The van der Waals surface area contributed by atoms with Crippen LogP contribution in [0, 0.1) is 5.41 Å². The van der Waals surface area contributed by atoms with Gasteiger partial charge in [0, 0.05) is 11.8 Å². The fraction of sp³-hybridized carbons (Fsp3) is 0.429. The van der Waals surface area contributed by atoms with Gasteiger partial charge in [-0.15, -0.1) is 0 Å². The highest BCUT2D eigenvalue weighted by Gasteiger charge is 2.39. The molecule has 0 saturated carbocycles. The lowest BCUT2D eigenvalue weighted by Gasteiger charge is -2.28. The summed E-state index contributed by atoms with van der Waals surface area (Å²) in [5.41, 5.74) is 5.17. The van der Waals surface area contributed by atoms with Crippen molar-refractivity contribution in [3.05, 3.63) is 23.2 Å². The molecule has 1 aromatic carbocycles. The van der Waals surface area contributed by atoms with Crippen LogP contribution in [0.5, 0.6) is 5.75 Å². The molecule has 1 amide bonds. The summed E-state index contributed by atoms with van der Waals surface area (Å²) in [5.74, 6) is 0.00923. The number of carbonyl (C=O) groups excluding carboxylic acids is 1. The van der Waals surface area contributed by atoms with E-state index in [1.54, 1.807) is 18.2 Å². The third-order valence-corrected chi connectivity index (χ3v) is 3.96. The number of anilines is 1. The average molecular weight is 314 g/mol. The molecule has 0 radical (unpaired) electrons. The predicted molar refractivity (Wildman–Crippen MR) is 83.1 cm³/mol. The number of carbonyl (C=O) groups is 1. The second-order valence-electron chi connectivity index (χ2n) is 4.58. The number of hydrogen-bond acceptors (Lipinski definition) is 4. The normalized spacial score (nSPS) is 12.1. The van der Waals surface area contributed by atoms with Crippen molar-refractivity contribution in [1.29, 1.82) is 0 Å². The maximum atomic E-state index is 12.5. The summed E-state index contributed by atoms with van der Waals surface area (Å²) in [7, 11) is 1.49. The van der Waals surface area contributed by atoms with Gasteiger partial charge in [0.2, 0.25) is 5.91 Å². The van der Waals surface area contributed by atoms with E-state index in [4.69, 9.17) is 27.3 Å². The summed E-state index contributed by atoms with van der Waals surface area (Å²) in [4.78, 5) is 12.5. The molecule has 0 heterocycles. The Morgan fingerprint density at radius 2 is 2.10 bits per heavy atom. The van der Waals surface area contributed by atoms with Crippen molar-refractivity contribution < 1.29 is 14.7 Å². The summed E-state index contributed by atoms with van der Waals surface area (Å²) < 4.78 is 5.10. The zero-order valence-electron chi connectivity index (χ0n) is 12.3. The number of hydrogen-bond donors (Lipinski definition) is 3. The molecule has 0 saturated heterocycles. The number of ether oxygens (including phenoxy) is 1. The van der Waals surface area contributed by atoms with Crippen LogP contribution in [0.1, 0.15) is 26.7 Å². The first-order valence-electron chi connectivity index (χ1n) is 6.58. The van der Waals surface area contributed by atoms with Gasteiger partial charge in [0.1, 0.15) is 11.2 Å². The zero-order valence-corrected chi connectivity index (χ0v) is 13.1. The van der Waals surface area contributed by atoms with Crippen molar-refractivity contribution in [2.45, 2.75) is 26.7 Å². The maximum absolute atomic E-state index is 12.5. The molecule has 0 spiro atoms. The lowest BCUT2D eigenvalue weighted by Crippen LogP contribution is -2.46. The third kappa shape index (κ3) is 3.39. The summed E-state index contributed by atoms with van der Waals surface area (Å²) in [5, 5.41) is 15.1. The molecule has 116 valence electrons. The first-order valence-corrected chi connectivity index (χ1v) is 6.96. The van der Waals surface area contributed by atoms with E-state index in [1.807, 2.05) is 13.8 Å². The van der Waals surface area contributed by atoms with E-state index in [-0.39, 0.29) is 11.7 Å². The highest BCUT2D eigenvalue weighted by atomic mass is 35.5. The smallest absolute Gasteiger partial charge is 0.238 e. The number of nitrogens with zero attached hydrogens (tertiary/aromatic N) is 1. The first-order chi connectivity index (χ1) is 9.94. The molecule has 0 aliphatic carbocycles. The summed E-state index contributed by atoms with van der Waals surface area (Å²) in [6, 6.07) is 4.90. The topological polar surface area (TPSA) is 96.9 Å². The van der Waals surface area contributed by atoms with Crippen molar-refractivity contribution in [1.82, 2.24) is 0 Å². The Hall–Kier alpha value is -1.95. The van der Waals surface area contributed by atoms with Crippen molar-refractivity contribution in [3.8, 4) is 5.75 Å². The first kappa shape index (κ1) is 17.1. The number of nitrogens with one attached hydrogen (secondary N) is 1. The number of rotatable bonds is 6. The van der Waals surface area contributed by atoms with Crippen LogP contribution in [0.2, 0.25) is 5.02 Å². The monoisotopic (exact) mass is 313 g/mol. The molecule has 6 nitrogen and oxygen atoms in total. The van der Waals surface area contributed by atoms with E-state index in [2.05, 4.69) is 10.5 Å². The number of methoxy groups -OCH3 is 1. The van der Waals surface area contributed by atoms with Crippen molar-refractivity contribution >= 4 is 29.0 Å². The minimum absolute atomic E-state index is 0.106. The van der Waals surface area contributed by atoms with Gasteiger partial charge in [-0.25, -0.2) is 0 Å². The Labute approximate surface area is 128 Å². The molecule has 0 atom stereocenters. The molecule has 0 aliphatic heterocycles. The lowest BCUT2D eigenvalue weighted by atomic mass is 9.80. The highest BCUT2D eigenvalue weighted by Crippen LogP contribution is 2.31. The highest BCUT2D eigenvalue weighted by molar-refractivity contribution is 6.32. The van der Waals surface area contributed by atoms with Gasteiger partial charge in [0.25, 0.3) is 0 Å². The molecular formula is C14H20ClN3O3. The van der Waals surface area contributed by atoms with Crippen molar-refractivity contribution in [2.24, 2.45) is 16.3 Å². The number of amides is 1. The predicted octanol–water partition coefficient (Wildman–Crippen LogP) is 2.84. The van der Waals surface area contributed by atoms with Crippen molar-refractivity contribution in [2.75, 3.05) is 12.4 Å². The Balaban J connectivity index is 3.08. The van der Waals surface area contributed by atoms with Gasteiger partial charge in [-0.3, -0.25) is 4.79 Å². The molecule has 21 heavy (non-hydrogen) atoms. The van der Waals surface area contributed by atoms with Crippen LogP contribution in [0.15, 0.2) is 23.4 Å². The number of amidine groups is 1. The largest absolute Gasteiger partial charge is 0.495 e. The Morgan fingerprint density at radius 1 is 1.48 bits per heavy atom. The SMILES string of the molecule is CCC(CC)(C(=O)Nc1ccc(Cl)c(OC)c1)/C(N)=N/O. The van der Waals surface area contributed by atoms with Crippen molar-refractivity contribution in [3.63, 3.8) is 0 Å². The van der Waals surface area contributed by atoms with Crippen LogP contribution in [0.25, 0.3) is 0 Å². The van der Waals surface area contributed by atoms with E-state index in [0.717, 1.165) is 0 Å². The number of oxime groups is 1. The summed E-state index contributed by atoms with van der Waals surface area (Å²) in [6.45, 7) is 3.62. The minimum Gasteiger partial charge on any atom is -0.495 e. The second kappa shape index (κ2) is 7.17. The Morgan fingerprint density at radius 3 is 2.57 bits per heavy atom. The zero-order chi connectivity index (χ0) is 16.0. The van der Waals surface area contributed by atoms with Gasteiger partial charge < -0.3 is 21.0 Å². The van der Waals surface area contributed by atoms with E-state index < -0.39 is 5.41 Å². The van der Waals surface area contributed by atoms with Crippen LogP contribution in [0.4, 0.5) is 5.69 Å². The lowest BCUT2D eigenvalue weighted by molar-refractivity contribution is -0.122. The number of benzene rings is 1. The van der Waals surface area contributed by atoms with Crippen LogP contribution < -0.4 is 15.8 Å². The van der Waals surface area contributed by atoms with E-state index >= 15 is 0 Å². The summed E-state index contributed by atoms with van der Waals surface area (Å²) >= 11 is 5.94. The van der Waals surface area contributed by atoms with Gasteiger partial charge in [0.05, 0.1) is 12.1 Å². The van der Waals surface area contributed by atoms with Gasteiger partial charge in [-0.2, -0.15) is 0 Å². The van der Waals surface area contributed by atoms with Crippen LogP contribution in [0.3, 0.4) is 0 Å². The molecule has 1 rings (SSSR count). The average Bonchev–Trinajstić information content (AvgIpc) is 2.50. The Kier molecular flexibility index (Phi) is 5.84. The molecule has 1 aromatic rings. The fourth-order valence-corrected chi connectivity index (χ4v) is 2.33. The molecule has 0 aliphatic rings. The molecule has 0 bridgehead atoms. The van der Waals surface area contributed by atoms with Crippen LogP contribution in [-0.4, -0.2) is 24.1 Å². The number of nitrogens with two attached hydrogens (primary N) is 1. The second-order valence-corrected chi connectivity index (χ2v) is 4.99. The summed E-state index contributed by atoms with van der Waals surface area (Å²) in [6.07, 6.45) is 0.825. The van der Waals surface area contributed by atoms with Gasteiger partial charge >= 0.3 is 0 Å². The number of halogens is 1. The van der Waals surface area contributed by atoms with E-state index in [0.29, 0.717) is 29.3 Å². The fourth-order valence-electron chi connectivity index (χ4n) is 2.13. The molecule has 7 heteroatoms. The minimum atomic E-state index is -1.05. The molecular weight excluding hydrogens is 294 g/mol. The van der Waals surface area contributed by atoms with E-state index in [9.17, 15) is 4.79 Å². The quantitative estimate of drug-likeness (QED) is 0.325. The Bertz CT molecular complexity index is 542. The van der Waals surface area contributed by atoms with Gasteiger partial charge in [-0.05, 0) is 25.0 Å². The van der Waals surface area contributed by atoms with Gasteiger partial charge in [-0.1, -0.05) is 30.6 Å². The standard InChI is InChI=1S/C14H20ClN3O3/c1-4-14(5-2,12(16)18-20)13(19)17-9-6-7-10(15)11(8-9)21-3/h6-8,20H,4-5H2,1-3H3,(H2,16,18)(H,17,19).